The van der Waals surface area contributed by atoms with Crippen LogP contribution in [0, 0.1) is 17.5 Å². The molecule has 1 N–H and O–H groups in total. The summed E-state index contributed by atoms with van der Waals surface area (Å²) in [6.07, 6.45) is 0. The van der Waals surface area contributed by atoms with Crippen LogP contribution in [0.4, 0.5) is 13.2 Å². The van der Waals surface area contributed by atoms with E-state index in [4.69, 9.17) is 26.1 Å². The molecular formula is C30H31ClF3N3O2S. The van der Waals surface area contributed by atoms with Gasteiger partial charge in [0.15, 0.2) is 5.16 Å². The van der Waals surface area contributed by atoms with Crippen molar-refractivity contribution < 1.29 is 22.6 Å². The number of nitrogens with one attached hydrogen (secondary N) is 1. The lowest BCUT2D eigenvalue weighted by Crippen LogP contribution is -2.20. The second-order valence-electron chi connectivity index (χ2n) is 10.1. The Morgan fingerprint density at radius 1 is 1.00 bits per heavy atom. The molecule has 0 bridgehead atoms. The van der Waals surface area contributed by atoms with E-state index in [1.165, 1.54) is 36.0 Å². The molecule has 0 saturated carbocycles. The number of hydrogen-bond donors (Lipinski definition) is 1. The van der Waals surface area contributed by atoms with Gasteiger partial charge in [0.25, 0.3) is 0 Å². The molecule has 1 aromatic heterocycles. The van der Waals surface area contributed by atoms with Crippen molar-refractivity contribution in [2.75, 3.05) is 34.4 Å². The van der Waals surface area contributed by atoms with Crippen molar-refractivity contribution in [1.29, 1.82) is 0 Å². The van der Waals surface area contributed by atoms with Crippen LogP contribution in [-0.4, -0.2) is 49.2 Å². The minimum Gasteiger partial charge on any atom is -0.495 e. The Morgan fingerprint density at radius 2 is 1.68 bits per heavy atom. The summed E-state index contributed by atoms with van der Waals surface area (Å²) in [5.41, 5.74) is 2.26. The summed E-state index contributed by atoms with van der Waals surface area (Å²) in [7, 11) is 5.33. The first-order chi connectivity index (χ1) is 19.0. The van der Waals surface area contributed by atoms with E-state index in [1.807, 2.05) is 45.0 Å². The Morgan fingerprint density at radius 3 is 2.30 bits per heavy atom. The number of benzene rings is 3. The maximum atomic E-state index is 14.9. The molecule has 0 atom stereocenters. The standard InChI is InChI=1S/C30H31ClF3N3O2S/c1-30(2,19-8-11-23(31)26(14-19)38-5)28-27(18-6-9-20(32)10-7-18)35-29(36-28)40-17-22-24(33)15-21(16-25(22)34)39-13-12-37(3)4/h6-11,14-16H,12-13,17H2,1-5H3,(H,35,36). The molecule has 4 aromatic rings. The van der Waals surface area contributed by atoms with Crippen LogP contribution >= 0.6 is 23.4 Å². The maximum Gasteiger partial charge on any atom is 0.166 e. The Balaban J connectivity index is 1.65. The fourth-order valence-electron chi connectivity index (χ4n) is 4.17. The third kappa shape index (κ3) is 6.77. The lowest BCUT2D eigenvalue weighted by molar-refractivity contribution is 0.259. The Hall–Kier alpha value is -3.14. The number of H-pyrrole nitrogens is 1. The van der Waals surface area contributed by atoms with Crippen molar-refractivity contribution in [1.82, 2.24) is 14.9 Å². The molecular weight excluding hydrogens is 559 g/mol. The first-order valence-electron chi connectivity index (χ1n) is 12.6. The predicted octanol–water partition coefficient (Wildman–Crippen LogP) is 7.71. The van der Waals surface area contributed by atoms with Crippen molar-refractivity contribution in [3.8, 4) is 22.8 Å². The van der Waals surface area contributed by atoms with Crippen molar-refractivity contribution in [3.63, 3.8) is 0 Å². The van der Waals surface area contributed by atoms with E-state index in [0.717, 1.165) is 11.3 Å². The number of hydrogen-bond acceptors (Lipinski definition) is 5. The molecule has 0 aliphatic carbocycles. The number of nitrogens with zero attached hydrogens (tertiary/aromatic N) is 2. The van der Waals surface area contributed by atoms with Crippen LogP contribution in [0.2, 0.25) is 5.02 Å². The fourth-order valence-corrected chi connectivity index (χ4v) is 5.25. The molecule has 40 heavy (non-hydrogen) atoms. The number of rotatable bonds is 11. The van der Waals surface area contributed by atoms with E-state index < -0.39 is 17.0 Å². The number of ether oxygens (including phenoxy) is 2. The molecule has 4 rings (SSSR count). The normalized spacial score (nSPS) is 11.8. The van der Waals surface area contributed by atoms with Gasteiger partial charge in [0.2, 0.25) is 0 Å². The van der Waals surface area contributed by atoms with Crippen LogP contribution in [0.25, 0.3) is 11.3 Å². The number of imidazole rings is 1. The van der Waals surface area contributed by atoms with E-state index in [-0.39, 0.29) is 22.9 Å². The number of aromatic amines is 1. The Bertz CT molecular complexity index is 1450. The molecule has 0 fully saturated rings. The van der Waals surface area contributed by atoms with Crippen molar-refractivity contribution in [2.45, 2.75) is 30.2 Å². The fraction of sp³-hybridized carbons (Fsp3) is 0.300. The Kier molecular flexibility index (Phi) is 9.38. The largest absolute Gasteiger partial charge is 0.495 e. The second-order valence-corrected chi connectivity index (χ2v) is 11.4. The zero-order valence-corrected chi connectivity index (χ0v) is 24.5. The monoisotopic (exact) mass is 589 g/mol. The molecule has 10 heteroatoms. The van der Waals surface area contributed by atoms with Gasteiger partial charge in [0.05, 0.1) is 23.5 Å². The van der Waals surface area contributed by atoms with Gasteiger partial charge in [0.1, 0.15) is 35.6 Å². The number of likely N-dealkylation sites (N-methyl/N-ethyl adjacent to an activating group) is 1. The van der Waals surface area contributed by atoms with Crippen LogP contribution in [0.15, 0.2) is 59.8 Å². The smallest absolute Gasteiger partial charge is 0.166 e. The number of halogens is 4. The molecule has 0 amide bonds. The van der Waals surface area contributed by atoms with Gasteiger partial charge in [-0.1, -0.05) is 43.3 Å². The molecule has 0 unspecified atom stereocenters. The lowest BCUT2D eigenvalue weighted by atomic mass is 9.79. The summed E-state index contributed by atoms with van der Waals surface area (Å²) in [4.78, 5) is 10.0. The summed E-state index contributed by atoms with van der Waals surface area (Å²) in [5, 5.41) is 0.952. The van der Waals surface area contributed by atoms with Gasteiger partial charge in [-0.15, -0.1) is 0 Å². The van der Waals surface area contributed by atoms with Gasteiger partial charge < -0.3 is 19.4 Å². The van der Waals surface area contributed by atoms with E-state index in [2.05, 4.69) is 4.98 Å². The topological polar surface area (TPSA) is 50.4 Å². The minimum atomic E-state index is -0.688. The van der Waals surface area contributed by atoms with Gasteiger partial charge in [-0.25, -0.2) is 18.2 Å². The highest BCUT2D eigenvalue weighted by molar-refractivity contribution is 7.98. The van der Waals surface area contributed by atoms with E-state index in [0.29, 0.717) is 40.3 Å². The van der Waals surface area contributed by atoms with Crippen LogP contribution < -0.4 is 9.47 Å². The van der Waals surface area contributed by atoms with Crippen molar-refractivity contribution in [3.05, 3.63) is 93.9 Å². The summed E-state index contributed by atoms with van der Waals surface area (Å²) in [6, 6.07) is 14.0. The van der Waals surface area contributed by atoms with Gasteiger partial charge >= 0.3 is 0 Å². The zero-order valence-electron chi connectivity index (χ0n) is 22.9. The van der Waals surface area contributed by atoms with E-state index in [1.54, 1.807) is 25.3 Å². The number of methoxy groups -OCH3 is 1. The highest BCUT2D eigenvalue weighted by Crippen LogP contribution is 2.41. The van der Waals surface area contributed by atoms with Crippen molar-refractivity contribution >= 4 is 23.4 Å². The van der Waals surface area contributed by atoms with Crippen LogP contribution in [0.5, 0.6) is 11.5 Å². The average Bonchev–Trinajstić information content (AvgIpc) is 3.34. The van der Waals surface area contributed by atoms with Crippen molar-refractivity contribution in [2.24, 2.45) is 0 Å². The van der Waals surface area contributed by atoms with Crippen LogP contribution in [0.3, 0.4) is 0 Å². The van der Waals surface area contributed by atoms with Crippen LogP contribution in [0.1, 0.15) is 30.7 Å². The molecule has 0 saturated heterocycles. The molecule has 212 valence electrons. The summed E-state index contributed by atoms with van der Waals surface area (Å²) in [6.45, 7) is 4.96. The number of aromatic nitrogens is 2. The molecule has 0 aliphatic heterocycles. The van der Waals surface area contributed by atoms with Gasteiger partial charge in [-0.2, -0.15) is 0 Å². The van der Waals surface area contributed by atoms with E-state index in [9.17, 15) is 13.2 Å². The van der Waals surface area contributed by atoms with Gasteiger partial charge in [-0.05, 0) is 56.1 Å². The average molecular weight is 590 g/mol. The second kappa shape index (κ2) is 12.6. The summed E-state index contributed by atoms with van der Waals surface area (Å²) < 4.78 is 54.3. The summed E-state index contributed by atoms with van der Waals surface area (Å²) >= 11 is 7.43. The van der Waals surface area contributed by atoms with Crippen LogP contribution in [-0.2, 0) is 11.2 Å². The quantitative estimate of drug-likeness (QED) is 0.182. The SMILES string of the molecule is COc1cc(C(C)(C)c2[nH]c(SCc3c(F)cc(OCCN(C)C)cc3F)nc2-c2ccc(F)cc2)ccc1Cl. The highest BCUT2D eigenvalue weighted by atomic mass is 35.5. The summed E-state index contributed by atoms with van der Waals surface area (Å²) in [5.74, 6) is -1.06. The number of thioether (sulfide) groups is 1. The first-order valence-corrected chi connectivity index (χ1v) is 13.9. The van der Waals surface area contributed by atoms with Gasteiger partial charge in [-0.3, -0.25) is 0 Å². The molecule has 0 aliphatic rings. The predicted molar refractivity (Wildman–Crippen MR) is 154 cm³/mol. The third-order valence-electron chi connectivity index (χ3n) is 6.57. The maximum absolute atomic E-state index is 14.9. The van der Waals surface area contributed by atoms with E-state index >= 15 is 0 Å². The minimum absolute atomic E-state index is 0.000647. The lowest BCUT2D eigenvalue weighted by Gasteiger charge is -2.26. The molecule has 5 nitrogen and oxygen atoms in total. The zero-order chi connectivity index (χ0) is 29.0. The molecule has 0 radical (unpaired) electrons. The Labute approximate surface area is 241 Å². The molecule has 1 heterocycles. The third-order valence-corrected chi connectivity index (χ3v) is 7.78. The first kappa shape index (κ1) is 29.8. The van der Waals surface area contributed by atoms with Gasteiger partial charge in [0, 0.05) is 41.0 Å². The molecule has 3 aromatic carbocycles. The molecule has 0 spiro atoms. The highest BCUT2D eigenvalue weighted by Gasteiger charge is 2.31.